The Morgan fingerprint density at radius 3 is 1.27 bits per heavy atom. The normalized spacial score (nSPS) is 18.2. The van der Waals surface area contributed by atoms with Gasteiger partial charge in [0.2, 0.25) is 0 Å². The van der Waals surface area contributed by atoms with Gasteiger partial charge in [-0.2, -0.15) is 0 Å². The first kappa shape index (κ1) is 34.2. The third kappa shape index (κ3) is 6.27. The molecular weight excluding hydrogens is 667 g/mol. The standard InChI is InChI=1S/2C20H21.C2H4.2ClH.Zr/c2*1-14(2)11-16-12-18-5-4-6-19(20(18)13-16)17-9-7-15(3)8-10-17;1-2;;;/h2*4-10,12-14H,11H2,1-3H3;1-2H2;2*1H;/q;;;;;+2/p-2. The summed E-state index contributed by atoms with van der Waals surface area (Å²) < 4.78 is 4.40. The number of allylic oxidation sites excluding steroid dienone is 2. The molecule has 4 aromatic carbocycles. The van der Waals surface area contributed by atoms with Crippen molar-refractivity contribution in [3.8, 4) is 22.3 Å². The molecule has 0 amide bonds. The summed E-state index contributed by atoms with van der Waals surface area (Å²) in [5.74, 6) is 1.34. The summed E-state index contributed by atoms with van der Waals surface area (Å²) in [5, 5.41) is 0. The van der Waals surface area contributed by atoms with E-state index >= 15 is 0 Å². The molecule has 1 fully saturated rings. The summed E-state index contributed by atoms with van der Waals surface area (Å²) in [6.45, 7) is 14.0. The van der Waals surface area contributed by atoms with E-state index in [0.717, 1.165) is 0 Å². The molecule has 3 heteroatoms. The zero-order valence-corrected chi connectivity index (χ0v) is 31.6. The SMILES string of the molecule is Cc1ccc(-c2cccc3c2C=C(CC(C)C)[CH]3[Zr+2]2([CH]3C(CC(C)C)=Cc4c(-c5ccc(C)cc5)cccc43)[CH2][CH2]2)cc1.[Cl-].[Cl-]. The van der Waals surface area contributed by atoms with Gasteiger partial charge in [-0.3, -0.25) is 0 Å². The molecular formula is C42H46Cl2Zr. The van der Waals surface area contributed by atoms with Crippen LogP contribution < -0.4 is 24.8 Å². The van der Waals surface area contributed by atoms with Crippen LogP contribution in [0.1, 0.15) is 81.2 Å². The number of fused-ring (bicyclic) bond motifs is 2. The number of aryl methyl sites for hydroxylation is 2. The minimum absolute atomic E-state index is 0. The van der Waals surface area contributed by atoms with Crippen LogP contribution in [0.2, 0.25) is 8.26 Å². The maximum absolute atomic E-state index is 2.77. The van der Waals surface area contributed by atoms with Crippen molar-refractivity contribution < 1.29 is 45.1 Å². The van der Waals surface area contributed by atoms with Gasteiger partial charge >= 0.3 is 266 Å². The maximum Gasteiger partial charge on any atom is -1.00 e. The predicted molar refractivity (Wildman–Crippen MR) is 183 cm³/mol. The molecule has 2 unspecified atom stereocenters. The van der Waals surface area contributed by atoms with Crippen LogP contribution in [0.3, 0.4) is 0 Å². The average molecular weight is 713 g/mol. The fourth-order valence-corrected chi connectivity index (χ4v) is 25.9. The second-order valence-corrected chi connectivity index (χ2v) is 25.9. The summed E-state index contributed by atoms with van der Waals surface area (Å²) in [6.07, 6.45) is 7.77. The molecule has 0 saturated carbocycles. The quantitative estimate of drug-likeness (QED) is 0.201. The Labute approximate surface area is 288 Å². The molecule has 0 aromatic heterocycles. The van der Waals surface area contributed by atoms with Crippen LogP contribution >= 0.6 is 0 Å². The van der Waals surface area contributed by atoms with Crippen molar-refractivity contribution in [1.82, 2.24) is 0 Å². The Morgan fingerprint density at radius 1 is 0.556 bits per heavy atom. The van der Waals surface area contributed by atoms with Gasteiger partial charge in [0.25, 0.3) is 0 Å². The minimum atomic E-state index is -2.77. The number of hydrogen-bond donors (Lipinski definition) is 0. The number of rotatable bonds is 8. The van der Waals surface area contributed by atoms with E-state index in [-0.39, 0.29) is 24.8 Å². The largest absolute Gasteiger partial charge is 1.00 e. The van der Waals surface area contributed by atoms with Gasteiger partial charge in [-0.1, -0.05) is 0 Å². The van der Waals surface area contributed by atoms with E-state index in [1.807, 2.05) is 0 Å². The van der Waals surface area contributed by atoms with E-state index in [1.54, 1.807) is 22.3 Å². The van der Waals surface area contributed by atoms with Crippen LogP contribution in [0.5, 0.6) is 0 Å². The number of halogens is 2. The zero-order chi connectivity index (χ0) is 29.9. The maximum atomic E-state index is 2.66. The first-order valence-electron chi connectivity index (χ1n) is 16.6. The number of hydrogen-bond acceptors (Lipinski definition) is 0. The molecule has 0 radical (unpaired) electrons. The first-order chi connectivity index (χ1) is 20.7. The molecule has 232 valence electrons. The number of benzene rings is 4. The van der Waals surface area contributed by atoms with Crippen LogP contribution in [-0.2, 0) is 20.3 Å². The Bertz CT molecular complexity index is 1610. The molecule has 0 N–H and O–H groups in total. The van der Waals surface area contributed by atoms with Crippen molar-refractivity contribution in [1.29, 1.82) is 0 Å². The van der Waals surface area contributed by atoms with E-state index in [9.17, 15) is 0 Å². The van der Waals surface area contributed by atoms with Crippen molar-refractivity contribution >= 4 is 12.2 Å². The summed E-state index contributed by atoms with van der Waals surface area (Å²) in [4.78, 5) is 0. The van der Waals surface area contributed by atoms with E-state index in [0.29, 0.717) is 19.1 Å². The molecule has 0 spiro atoms. The Kier molecular flexibility index (Phi) is 10.3. The van der Waals surface area contributed by atoms with Crippen molar-refractivity contribution in [2.75, 3.05) is 0 Å². The summed E-state index contributed by atoms with van der Waals surface area (Å²) in [5.41, 5.74) is 18.1. The van der Waals surface area contributed by atoms with E-state index in [4.69, 9.17) is 0 Å². The molecule has 45 heavy (non-hydrogen) atoms. The van der Waals surface area contributed by atoms with Crippen LogP contribution in [-0.4, -0.2) is 0 Å². The van der Waals surface area contributed by atoms with E-state index in [2.05, 4.69) is 139 Å². The summed E-state index contributed by atoms with van der Waals surface area (Å²) in [6, 6.07) is 32.9. The van der Waals surface area contributed by atoms with Gasteiger partial charge in [0.15, 0.2) is 0 Å². The molecule has 4 aromatic rings. The molecule has 0 nitrogen and oxygen atoms in total. The summed E-state index contributed by atoms with van der Waals surface area (Å²) >= 11 is -2.77. The van der Waals surface area contributed by atoms with Crippen LogP contribution in [0.25, 0.3) is 34.4 Å². The topological polar surface area (TPSA) is 0 Å². The van der Waals surface area contributed by atoms with Crippen LogP contribution in [0, 0.1) is 25.7 Å². The fraction of sp³-hybridized carbons (Fsp3) is 0.333. The van der Waals surface area contributed by atoms with Gasteiger partial charge in [-0.15, -0.1) is 0 Å². The molecule has 3 aliphatic rings. The van der Waals surface area contributed by atoms with Crippen molar-refractivity contribution in [3.63, 3.8) is 0 Å². The van der Waals surface area contributed by atoms with Crippen molar-refractivity contribution in [2.45, 2.75) is 69.9 Å². The Balaban J connectivity index is 0.00000200. The van der Waals surface area contributed by atoms with Gasteiger partial charge in [-0.05, 0) is 0 Å². The Morgan fingerprint density at radius 2 is 0.933 bits per heavy atom. The molecule has 2 atom stereocenters. The van der Waals surface area contributed by atoms with Crippen molar-refractivity contribution in [3.05, 3.63) is 129 Å². The average Bonchev–Trinajstić information content (AvgIpc) is 3.53. The van der Waals surface area contributed by atoms with Gasteiger partial charge in [-0.25, -0.2) is 0 Å². The van der Waals surface area contributed by atoms with E-state index < -0.39 is 20.3 Å². The first-order valence-corrected chi connectivity index (χ1v) is 22.9. The second-order valence-electron chi connectivity index (χ2n) is 14.6. The van der Waals surface area contributed by atoms with Gasteiger partial charge in [0.1, 0.15) is 0 Å². The molecule has 1 heterocycles. The smallest absolute Gasteiger partial charge is 1.00 e. The fourth-order valence-electron chi connectivity index (χ4n) is 8.44. The monoisotopic (exact) mass is 710 g/mol. The molecule has 1 saturated heterocycles. The third-order valence-electron chi connectivity index (χ3n) is 10.3. The minimum Gasteiger partial charge on any atom is -1.00 e. The summed E-state index contributed by atoms with van der Waals surface area (Å²) in [7, 11) is 0. The van der Waals surface area contributed by atoms with E-state index in [1.165, 1.54) is 65.6 Å². The van der Waals surface area contributed by atoms with Gasteiger partial charge in [0.05, 0.1) is 0 Å². The Hall–Kier alpha value is -2.18. The second kappa shape index (κ2) is 13.5. The molecule has 0 bridgehead atoms. The zero-order valence-electron chi connectivity index (χ0n) is 27.6. The molecule has 7 rings (SSSR count). The van der Waals surface area contributed by atoms with Crippen LogP contribution in [0.15, 0.2) is 96.1 Å². The molecule has 1 aliphatic heterocycles. The van der Waals surface area contributed by atoms with Gasteiger partial charge < -0.3 is 24.8 Å². The third-order valence-corrected chi connectivity index (χ3v) is 23.4. The van der Waals surface area contributed by atoms with Crippen molar-refractivity contribution in [2.24, 2.45) is 11.8 Å². The predicted octanol–water partition coefficient (Wildman–Crippen LogP) is 6.32. The van der Waals surface area contributed by atoms with Crippen LogP contribution in [0.4, 0.5) is 0 Å². The molecule has 2 aliphatic carbocycles. The van der Waals surface area contributed by atoms with Gasteiger partial charge in [0, 0.05) is 0 Å².